The highest BCUT2D eigenvalue weighted by molar-refractivity contribution is 8.76. The predicted molar refractivity (Wildman–Crippen MR) is 139 cm³/mol. The van der Waals surface area contributed by atoms with Crippen molar-refractivity contribution in [2.75, 3.05) is 6.61 Å². The fourth-order valence-electron chi connectivity index (χ4n) is 4.45. The van der Waals surface area contributed by atoms with E-state index < -0.39 is 5.79 Å². The SMILES string of the molecule is CC1(O)CCc2cc(c3ccccc3c2)CSSCc2cccc3cc(ccc23)CCO1. The Morgan fingerprint density at radius 1 is 0.750 bits per heavy atom. The van der Waals surface area contributed by atoms with E-state index in [1.54, 1.807) is 6.92 Å². The van der Waals surface area contributed by atoms with Crippen LogP contribution in [-0.4, -0.2) is 17.5 Å². The van der Waals surface area contributed by atoms with Gasteiger partial charge in [0.1, 0.15) is 0 Å². The van der Waals surface area contributed by atoms with Crippen LogP contribution in [0.1, 0.15) is 35.6 Å². The van der Waals surface area contributed by atoms with Crippen molar-refractivity contribution in [1.82, 2.24) is 0 Å². The zero-order chi connectivity index (χ0) is 22.0. The largest absolute Gasteiger partial charge is 0.366 e. The lowest BCUT2D eigenvalue weighted by Gasteiger charge is -2.24. The molecule has 4 aromatic rings. The van der Waals surface area contributed by atoms with Gasteiger partial charge in [-0.3, -0.25) is 0 Å². The van der Waals surface area contributed by atoms with E-state index in [9.17, 15) is 5.11 Å². The molecule has 2 aliphatic rings. The molecule has 0 aromatic heterocycles. The summed E-state index contributed by atoms with van der Waals surface area (Å²) in [5.41, 5.74) is 5.24. The van der Waals surface area contributed by atoms with Gasteiger partial charge < -0.3 is 9.84 Å². The van der Waals surface area contributed by atoms with Crippen LogP contribution >= 0.6 is 21.6 Å². The summed E-state index contributed by atoms with van der Waals surface area (Å²) in [7, 11) is 3.84. The molecule has 6 rings (SSSR count). The van der Waals surface area contributed by atoms with Crippen LogP contribution in [0.2, 0.25) is 0 Å². The Balaban J connectivity index is 1.48. The summed E-state index contributed by atoms with van der Waals surface area (Å²) in [6.07, 6.45) is 2.16. The topological polar surface area (TPSA) is 29.5 Å². The average molecular weight is 461 g/mol. The fraction of sp³-hybridized carbons (Fsp3) is 0.286. The number of aryl methyl sites for hydroxylation is 1. The quantitative estimate of drug-likeness (QED) is 0.279. The summed E-state index contributed by atoms with van der Waals surface area (Å²) < 4.78 is 5.92. The molecular formula is C28H28O2S2. The lowest BCUT2D eigenvalue weighted by atomic mass is 9.98. The van der Waals surface area contributed by atoms with Crippen LogP contribution in [0.25, 0.3) is 21.5 Å². The zero-order valence-corrected chi connectivity index (χ0v) is 20.0. The molecule has 0 amide bonds. The minimum absolute atomic E-state index is 0.508. The van der Waals surface area contributed by atoms with Crippen molar-refractivity contribution in [3.63, 3.8) is 0 Å². The number of hydrogen-bond donors (Lipinski definition) is 1. The normalized spacial score (nSPS) is 20.4. The molecule has 4 heteroatoms. The van der Waals surface area contributed by atoms with E-state index in [1.165, 1.54) is 43.8 Å². The minimum Gasteiger partial charge on any atom is -0.366 e. The molecule has 0 radical (unpaired) electrons. The summed E-state index contributed by atoms with van der Waals surface area (Å²) in [5.74, 6) is 0.817. The predicted octanol–water partition coefficient (Wildman–Crippen LogP) is 7.29. The van der Waals surface area contributed by atoms with Crippen molar-refractivity contribution in [1.29, 1.82) is 0 Å². The van der Waals surface area contributed by atoms with E-state index in [4.69, 9.17) is 4.74 Å². The van der Waals surface area contributed by atoms with E-state index in [-0.39, 0.29) is 0 Å². The van der Waals surface area contributed by atoms with Gasteiger partial charge in [-0.2, -0.15) is 0 Å². The third-order valence-corrected chi connectivity index (χ3v) is 8.47. The van der Waals surface area contributed by atoms with Crippen LogP contribution in [0.4, 0.5) is 0 Å². The maximum absolute atomic E-state index is 10.8. The van der Waals surface area contributed by atoms with Crippen molar-refractivity contribution >= 4 is 43.1 Å². The summed E-state index contributed by atoms with van der Waals surface area (Å²) in [6.45, 7) is 2.29. The first-order valence-corrected chi connectivity index (χ1v) is 13.7. The molecule has 2 nitrogen and oxygen atoms in total. The molecular weight excluding hydrogens is 432 g/mol. The number of fused-ring (bicyclic) bond motifs is 10. The summed E-state index contributed by atoms with van der Waals surface area (Å²) >= 11 is 0. The molecule has 164 valence electrons. The van der Waals surface area contributed by atoms with Gasteiger partial charge in [0.2, 0.25) is 0 Å². The Morgan fingerprint density at radius 2 is 1.47 bits per heavy atom. The zero-order valence-electron chi connectivity index (χ0n) is 18.3. The Labute approximate surface area is 197 Å². The minimum atomic E-state index is -1.13. The van der Waals surface area contributed by atoms with Gasteiger partial charge in [-0.25, -0.2) is 0 Å². The monoisotopic (exact) mass is 460 g/mol. The van der Waals surface area contributed by atoms with Crippen LogP contribution < -0.4 is 0 Å². The van der Waals surface area contributed by atoms with Gasteiger partial charge in [-0.05, 0) is 63.6 Å². The van der Waals surface area contributed by atoms with Gasteiger partial charge >= 0.3 is 0 Å². The molecule has 4 aromatic carbocycles. The first-order valence-electron chi connectivity index (χ1n) is 11.2. The molecule has 0 saturated heterocycles. The molecule has 0 fully saturated rings. The number of benzene rings is 4. The number of hydrogen-bond acceptors (Lipinski definition) is 4. The standard InChI is InChI=1S/C28H28O2S2/c1-28(29)13-11-21-16-22-5-2-3-8-26(22)25(17-21)19-32-31-18-24-7-4-6-23-15-20(12-14-30-28)9-10-27(23)24/h2-10,15-17,29H,11-14,18-19H2,1H3. The van der Waals surface area contributed by atoms with Gasteiger partial charge in [-0.1, -0.05) is 94.4 Å². The van der Waals surface area contributed by atoms with E-state index in [0.29, 0.717) is 13.0 Å². The highest BCUT2D eigenvalue weighted by Crippen LogP contribution is 2.35. The van der Waals surface area contributed by atoms with Crippen molar-refractivity contribution < 1.29 is 9.84 Å². The van der Waals surface area contributed by atoms with E-state index in [0.717, 1.165) is 24.3 Å². The Kier molecular flexibility index (Phi) is 6.47. The molecule has 1 N–H and O–H groups in total. The van der Waals surface area contributed by atoms with Gasteiger partial charge in [0.25, 0.3) is 0 Å². The fourth-order valence-corrected chi connectivity index (χ4v) is 6.62. The molecule has 0 aliphatic carbocycles. The average Bonchev–Trinajstić information content (AvgIpc) is 2.80. The number of aliphatic hydroxyl groups is 1. The second-order valence-corrected chi connectivity index (χ2v) is 11.2. The Bertz CT molecular complexity index is 1250. The molecule has 0 spiro atoms. The van der Waals surface area contributed by atoms with Crippen LogP contribution in [0, 0.1) is 0 Å². The highest BCUT2D eigenvalue weighted by Gasteiger charge is 2.21. The molecule has 1 atom stereocenters. The van der Waals surface area contributed by atoms with Crippen LogP contribution in [0.15, 0.2) is 72.8 Å². The van der Waals surface area contributed by atoms with Crippen LogP contribution in [-0.2, 0) is 29.1 Å². The first-order chi connectivity index (χ1) is 15.6. The molecule has 1 unspecified atom stereocenters. The Morgan fingerprint density at radius 3 is 2.34 bits per heavy atom. The lowest BCUT2D eigenvalue weighted by Crippen LogP contribution is -2.29. The van der Waals surface area contributed by atoms with Crippen molar-refractivity contribution in [2.24, 2.45) is 0 Å². The third-order valence-electron chi connectivity index (χ3n) is 6.24. The van der Waals surface area contributed by atoms with Crippen molar-refractivity contribution in [2.45, 2.75) is 43.5 Å². The van der Waals surface area contributed by atoms with E-state index >= 15 is 0 Å². The van der Waals surface area contributed by atoms with Crippen LogP contribution in [0.5, 0.6) is 0 Å². The highest BCUT2D eigenvalue weighted by atomic mass is 33.1. The second kappa shape index (κ2) is 9.48. The Hall–Kier alpha value is -1.98. The van der Waals surface area contributed by atoms with E-state index in [1.807, 2.05) is 21.6 Å². The second-order valence-electron chi connectivity index (χ2n) is 8.75. The molecule has 6 bridgehead atoms. The summed E-state index contributed by atoms with van der Waals surface area (Å²) in [4.78, 5) is 0. The molecule has 2 aliphatic heterocycles. The van der Waals surface area contributed by atoms with Crippen molar-refractivity contribution in [3.05, 3.63) is 95.1 Å². The smallest absolute Gasteiger partial charge is 0.162 e. The summed E-state index contributed by atoms with van der Waals surface area (Å²) in [6, 6.07) is 26.5. The molecule has 2 heterocycles. The summed E-state index contributed by atoms with van der Waals surface area (Å²) in [5, 5.41) is 16.0. The van der Waals surface area contributed by atoms with Gasteiger partial charge in [-0.15, -0.1) is 0 Å². The molecule has 0 saturated carbocycles. The maximum atomic E-state index is 10.8. The van der Waals surface area contributed by atoms with Gasteiger partial charge in [0, 0.05) is 17.9 Å². The molecule has 32 heavy (non-hydrogen) atoms. The third kappa shape index (κ3) is 4.99. The van der Waals surface area contributed by atoms with E-state index in [2.05, 4.69) is 72.8 Å². The number of ether oxygens (including phenoxy) is 1. The van der Waals surface area contributed by atoms with Gasteiger partial charge in [0.15, 0.2) is 5.79 Å². The van der Waals surface area contributed by atoms with Crippen molar-refractivity contribution in [3.8, 4) is 0 Å². The maximum Gasteiger partial charge on any atom is 0.162 e. The number of rotatable bonds is 0. The van der Waals surface area contributed by atoms with Gasteiger partial charge in [0.05, 0.1) is 6.61 Å². The lowest BCUT2D eigenvalue weighted by molar-refractivity contribution is -0.192. The first kappa shape index (κ1) is 21.8. The van der Waals surface area contributed by atoms with Crippen LogP contribution in [0.3, 0.4) is 0 Å².